The molecular formula is C32H40N2O3. The Hall–Kier alpha value is -3.31. The predicted molar refractivity (Wildman–Crippen MR) is 149 cm³/mol. The van der Waals surface area contributed by atoms with Gasteiger partial charge in [-0.05, 0) is 72.3 Å². The van der Waals surface area contributed by atoms with Crippen LogP contribution in [0.2, 0.25) is 0 Å². The lowest BCUT2D eigenvalue weighted by Gasteiger charge is -2.26. The van der Waals surface area contributed by atoms with E-state index in [0.717, 1.165) is 36.3 Å². The molecule has 0 aromatic heterocycles. The summed E-state index contributed by atoms with van der Waals surface area (Å²) in [5, 5.41) is 0. The van der Waals surface area contributed by atoms with Gasteiger partial charge in [0.25, 0.3) is 5.91 Å². The van der Waals surface area contributed by atoms with Crippen molar-refractivity contribution in [1.29, 1.82) is 0 Å². The van der Waals surface area contributed by atoms with Crippen molar-refractivity contribution in [2.24, 2.45) is 0 Å². The van der Waals surface area contributed by atoms with E-state index < -0.39 is 0 Å². The molecule has 3 aromatic rings. The third-order valence-electron chi connectivity index (χ3n) is 7.01. The van der Waals surface area contributed by atoms with Gasteiger partial charge in [0.05, 0.1) is 7.11 Å². The Labute approximate surface area is 222 Å². The zero-order valence-electron chi connectivity index (χ0n) is 22.7. The summed E-state index contributed by atoms with van der Waals surface area (Å²) >= 11 is 0. The van der Waals surface area contributed by atoms with Crippen LogP contribution in [0.3, 0.4) is 0 Å². The van der Waals surface area contributed by atoms with Crippen molar-refractivity contribution in [3.8, 4) is 11.5 Å². The summed E-state index contributed by atoms with van der Waals surface area (Å²) in [5.74, 6) is 1.43. The Balaban J connectivity index is 1.53. The molecule has 5 nitrogen and oxygen atoms in total. The van der Waals surface area contributed by atoms with Crippen LogP contribution in [0.4, 0.5) is 0 Å². The highest BCUT2D eigenvalue weighted by Crippen LogP contribution is 2.30. The van der Waals surface area contributed by atoms with Crippen LogP contribution in [0.5, 0.6) is 11.5 Å². The fourth-order valence-electron chi connectivity index (χ4n) is 4.70. The van der Waals surface area contributed by atoms with Gasteiger partial charge >= 0.3 is 0 Å². The molecule has 3 aromatic carbocycles. The summed E-state index contributed by atoms with van der Waals surface area (Å²) in [4.78, 5) is 18.1. The van der Waals surface area contributed by atoms with Crippen LogP contribution in [0.25, 0.3) is 0 Å². The lowest BCUT2D eigenvalue weighted by atomic mass is 9.86. The Morgan fingerprint density at radius 1 is 0.892 bits per heavy atom. The molecule has 0 spiro atoms. The summed E-state index contributed by atoms with van der Waals surface area (Å²) in [6, 6.07) is 24.1. The lowest BCUT2D eigenvalue weighted by Crippen LogP contribution is -2.37. The predicted octanol–water partition coefficient (Wildman–Crippen LogP) is 6.31. The van der Waals surface area contributed by atoms with Crippen molar-refractivity contribution in [1.82, 2.24) is 9.80 Å². The average Bonchev–Trinajstić information content (AvgIpc) is 3.43. The molecule has 1 fully saturated rings. The van der Waals surface area contributed by atoms with Crippen molar-refractivity contribution in [3.05, 3.63) is 95.1 Å². The fraction of sp³-hybridized carbons (Fsp3) is 0.406. The Morgan fingerprint density at radius 3 is 2.24 bits per heavy atom. The standard InChI is InChI=1S/C32H40N2O3/c1-32(2,3)28-15-13-27(14-16-28)31(35)34(21-20-33-18-8-9-19-33)23-26-12-17-29(36-4)30(22-26)37-24-25-10-6-5-7-11-25/h5-7,10-17,22H,8-9,18-21,23-24H2,1-4H3. The second-order valence-corrected chi connectivity index (χ2v) is 10.9. The molecule has 0 atom stereocenters. The number of nitrogens with zero attached hydrogens (tertiary/aromatic N) is 2. The van der Waals surface area contributed by atoms with Crippen LogP contribution >= 0.6 is 0 Å². The van der Waals surface area contributed by atoms with E-state index in [0.29, 0.717) is 31.2 Å². The molecule has 0 saturated carbocycles. The van der Waals surface area contributed by atoms with Crippen LogP contribution in [0, 0.1) is 0 Å². The molecule has 0 radical (unpaired) electrons. The number of methoxy groups -OCH3 is 1. The smallest absolute Gasteiger partial charge is 0.254 e. The van der Waals surface area contributed by atoms with Crippen LogP contribution in [0.15, 0.2) is 72.8 Å². The number of carbonyl (C=O) groups is 1. The van der Waals surface area contributed by atoms with E-state index in [4.69, 9.17) is 9.47 Å². The van der Waals surface area contributed by atoms with Crippen molar-refractivity contribution in [2.75, 3.05) is 33.3 Å². The second-order valence-electron chi connectivity index (χ2n) is 10.9. The number of ether oxygens (including phenoxy) is 2. The minimum Gasteiger partial charge on any atom is -0.493 e. The van der Waals surface area contributed by atoms with E-state index >= 15 is 0 Å². The number of rotatable bonds is 10. The van der Waals surface area contributed by atoms with Crippen LogP contribution in [0.1, 0.15) is 60.7 Å². The van der Waals surface area contributed by atoms with Gasteiger partial charge in [0, 0.05) is 25.2 Å². The minimum atomic E-state index is 0.0518. The highest BCUT2D eigenvalue weighted by Gasteiger charge is 2.21. The maximum atomic E-state index is 13.7. The van der Waals surface area contributed by atoms with Gasteiger partial charge in [0.15, 0.2) is 11.5 Å². The van der Waals surface area contributed by atoms with E-state index in [-0.39, 0.29) is 11.3 Å². The molecule has 0 N–H and O–H groups in total. The molecule has 1 amide bonds. The minimum absolute atomic E-state index is 0.0518. The van der Waals surface area contributed by atoms with Gasteiger partial charge in [-0.25, -0.2) is 0 Å². The van der Waals surface area contributed by atoms with Gasteiger partial charge in [-0.1, -0.05) is 69.3 Å². The Kier molecular flexibility index (Phi) is 8.88. The molecule has 37 heavy (non-hydrogen) atoms. The van der Waals surface area contributed by atoms with Gasteiger partial charge in [0.2, 0.25) is 0 Å². The highest BCUT2D eigenvalue weighted by molar-refractivity contribution is 5.94. The Morgan fingerprint density at radius 2 is 1.59 bits per heavy atom. The molecule has 0 unspecified atom stereocenters. The van der Waals surface area contributed by atoms with Crippen LogP contribution in [-0.4, -0.2) is 49.0 Å². The molecule has 5 heteroatoms. The molecule has 196 valence electrons. The molecule has 1 aliphatic heterocycles. The van der Waals surface area contributed by atoms with Crippen molar-refractivity contribution in [2.45, 2.75) is 52.2 Å². The fourth-order valence-corrected chi connectivity index (χ4v) is 4.70. The SMILES string of the molecule is COc1ccc(CN(CCN2CCCC2)C(=O)c2ccc(C(C)(C)C)cc2)cc1OCc1ccccc1. The first-order valence-electron chi connectivity index (χ1n) is 13.3. The number of benzene rings is 3. The van der Waals surface area contributed by atoms with Crippen molar-refractivity contribution >= 4 is 5.91 Å². The molecule has 0 aliphatic carbocycles. The first-order chi connectivity index (χ1) is 17.8. The summed E-state index contributed by atoms with van der Waals surface area (Å²) in [7, 11) is 1.65. The van der Waals surface area contributed by atoms with Crippen LogP contribution < -0.4 is 9.47 Å². The zero-order chi connectivity index (χ0) is 26.3. The largest absolute Gasteiger partial charge is 0.493 e. The van der Waals surface area contributed by atoms with Crippen molar-refractivity contribution in [3.63, 3.8) is 0 Å². The van der Waals surface area contributed by atoms with E-state index in [9.17, 15) is 4.79 Å². The van der Waals surface area contributed by atoms with E-state index in [1.54, 1.807) is 7.11 Å². The summed E-state index contributed by atoms with van der Waals surface area (Å²) < 4.78 is 11.7. The van der Waals surface area contributed by atoms with E-state index in [2.05, 4.69) is 37.8 Å². The third-order valence-corrected chi connectivity index (χ3v) is 7.01. The zero-order valence-corrected chi connectivity index (χ0v) is 22.7. The molecule has 1 heterocycles. The number of hydrogen-bond acceptors (Lipinski definition) is 4. The third kappa shape index (κ3) is 7.36. The monoisotopic (exact) mass is 500 g/mol. The maximum Gasteiger partial charge on any atom is 0.254 e. The summed E-state index contributed by atoms with van der Waals surface area (Å²) in [6.07, 6.45) is 2.48. The first kappa shape index (κ1) is 26.7. The number of hydrogen-bond donors (Lipinski definition) is 0. The average molecular weight is 501 g/mol. The number of likely N-dealkylation sites (tertiary alicyclic amines) is 1. The molecular weight excluding hydrogens is 460 g/mol. The van der Waals surface area contributed by atoms with Crippen LogP contribution in [-0.2, 0) is 18.6 Å². The Bertz CT molecular complexity index is 1150. The van der Waals surface area contributed by atoms with Gasteiger partial charge in [-0.3, -0.25) is 4.79 Å². The van der Waals surface area contributed by atoms with Gasteiger partial charge < -0.3 is 19.3 Å². The normalized spacial score (nSPS) is 13.9. The molecule has 4 rings (SSSR count). The van der Waals surface area contributed by atoms with E-state index in [1.165, 1.54) is 18.4 Å². The van der Waals surface area contributed by atoms with E-state index in [1.807, 2.05) is 65.6 Å². The second kappa shape index (κ2) is 12.3. The number of amides is 1. The van der Waals surface area contributed by atoms with Gasteiger partial charge in [-0.2, -0.15) is 0 Å². The topological polar surface area (TPSA) is 42.0 Å². The highest BCUT2D eigenvalue weighted by atomic mass is 16.5. The maximum absolute atomic E-state index is 13.7. The summed E-state index contributed by atoms with van der Waals surface area (Å²) in [5.41, 5.74) is 4.11. The summed E-state index contributed by atoms with van der Waals surface area (Å²) in [6.45, 7) is 11.3. The van der Waals surface area contributed by atoms with Gasteiger partial charge in [0.1, 0.15) is 6.61 Å². The molecule has 0 bridgehead atoms. The van der Waals surface area contributed by atoms with Crippen molar-refractivity contribution < 1.29 is 14.3 Å². The lowest BCUT2D eigenvalue weighted by molar-refractivity contribution is 0.0726. The molecule has 1 saturated heterocycles. The van der Waals surface area contributed by atoms with Gasteiger partial charge in [-0.15, -0.1) is 0 Å². The molecule has 1 aliphatic rings. The quantitative estimate of drug-likeness (QED) is 0.327. The first-order valence-corrected chi connectivity index (χ1v) is 13.3. The number of carbonyl (C=O) groups excluding carboxylic acids is 1.